The third kappa shape index (κ3) is 2.00. The van der Waals surface area contributed by atoms with Crippen LogP contribution in [0.4, 0.5) is 8.78 Å². The van der Waals surface area contributed by atoms with Crippen molar-refractivity contribution in [3.05, 3.63) is 46.5 Å². The van der Waals surface area contributed by atoms with Gasteiger partial charge in [0.05, 0.1) is 17.1 Å². The average Bonchev–Trinajstić information content (AvgIpc) is 2.74. The third-order valence-corrected chi connectivity index (χ3v) is 2.72. The first-order valence-electron chi connectivity index (χ1n) is 4.16. The predicted molar refractivity (Wildman–Crippen MR) is 52.3 cm³/mol. The largest absolute Gasteiger partial charge is 0.319 e. The fourth-order valence-corrected chi connectivity index (χ4v) is 1.74. The molecule has 0 aliphatic carbocycles. The molecule has 1 heterocycles. The van der Waals surface area contributed by atoms with Crippen molar-refractivity contribution in [1.29, 1.82) is 0 Å². The zero-order valence-corrected chi connectivity index (χ0v) is 8.34. The Morgan fingerprint density at radius 2 is 2.13 bits per heavy atom. The minimum Gasteiger partial charge on any atom is -0.319 e. The molecule has 0 radical (unpaired) electrons. The van der Waals surface area contributed by atoms with E-state index in [1.165, 1.54) is 6.20 Å². The van der Waals surface area contributed by atoms with Crippen LogP contribution in [0.3, 0.4) is 0 Å². The van der Waals surface area contributed by atoms with Gasteiger partial charge in [0.2, 0.25) is 0 Å². The second-order valence-corrected chi connectivity index (χ2v) is 3.78. The van der Waals surface area contributed by atoms with Gasteiger partial charge in [0.1, 0.15) is 11.6 Å². The molecular weight excluding hydrogens is 220 g/mol. The fourth-order valence-electron chi connectivity index (χ4n) is 1.22. The maximum absolute atomic E-state index is 13.3. The van der Waals surface area contributed by atoms with Gasteiger partial charge in [-0.15, -0.1) is 5.10 Å². The molecule has 0 amide bonds. The lowest BCUT2D eigenvalue weighted by Gasteiger charge is -2.09. The molecule has 2 N–H and O–H groups in total. The van der Waals surface area contributed by atoms with E-state index in [1.807, 2.05) is 0 Å². The van der Waals surface area contributed by atoms with E-state index in [-0.39, 0.29) is 5.56 Å². The quantitative estimate of drug-likeness (QED) is 0.852. The Morgan fingerprint density at radius 3 is 2.80 bits per heavy atom. The van der Waals surface area contributed by atoms with Gasteiger partial charge in [0.15, 0.2) is 0 Å². The van der Waals surface area contributed by atoms with Crippen molar-refractivity contribution in [2.45, 2.75) is 6.04 Å². The van der Waals surface area contributed by atoms with Crippen molar-refractivity contribution < 1.29 is 8.78 Å². The van der Waals surface area contributed by atoms with Gasteiger partial charge in [-0.1, -0.05) is 4.49 Å². The number of aromatic nitrogens is 2. The van der Waals surface area contributed by atoms with Crippen molar-refractivity contribution in [1.82, 2.24) is 9.59 Å². The molecule has 0 aliphatic rings. The molecule has 1 unspecified atom stereocenters. The van der Waals surface area contributed by atoms with E-state index in [0.717, 1.165) is 29.7 Å². The van der Waals surface area contributed by atoms with Crippen LogP contribution in [0, 0.1) is 11.6 Å². The smallest absolute Gasteiger partial charge is 0.128 e. The summed E-state index contributed by atoms with van der Waals surface area (Å²) in [5.41, 5.74) is 5.87. The van der Waals surface area contributed by atoms with Gasteiger partial charge >= 0.3 is 0 Å². The maximum Gasteiger partial charge on any atom is 0.128 e. The molecule has 15 heavy (non-hydrogen) atoms. The molecule has 78 valence electrons. The van der Waals surface area contributed by atoms with Crippen LogP contribution in [0.5, 0.6) is 0 Å². The van der Waals surface area contributed by atoms with Gasteiger partial charge in [-0.25, -0.2) is 8.78 Å². The number of halogens is 2. The third-order valence-electron chi connectivity index (χ3n) is 1.98. The van der Waals surface area contributed by atoms with Crippen LogP contribution < -0.4 is 5.73 Å². The topological polar surface area (TPSA) is 51.8 Å². The summed E-state index contributed by atoms with van der Waals surface area (Å²) >= 11 is 1.07. The Bertz CT molecular complexity index is 458. The molecule has 0 bridgehead atoms. The van der Waals surface area contributed by atoms with Crippen molar-refractivity contribution in [3.63, 3.8) is 0 Å². The molecule has 1 aromatic carbocycles. The second-order valence-electron chi connectivity index (χ2n) is 2.96. The van der Waals surface area contributed by atoms with Crippen LogP contribution >= 0.6 is 11.5 Å². The predicted octanol–water partition coefficient (Wildman–Crippen LogP) is 1.86. The van der Waals surface area contributed by atoms with E-state index >= 15 is 0 Å². The Morgan fingerprint density at radius 1 is 1.33 bits per heavy atom. The molecule has 0 aliphatic heterocycles. The first kappa shape index (κ1) is 10.1. The van der Waals surface area contributed by atoms with Crippen molar-refractivity contribution in [2.75, 3.05) is 0 Å². The minimum atomic E-state index is -0.722. The molecule has 0 saturated heterocycles. The molecule has 3 nitrogen and oxygen atoms in total. The molecule has 0 fully saturated rings. The Kier molecular flexibility index (Phi) is 2.70. The summed E-state index contributed by atoms with van der Waals surface area (Å²) in [6, 6.07) is 2.47. The van der Waals surface area contributed by atoms with Gasteiger partial charge in [-0.05, 0) is 29.7 Å². The van der Waals surface area contributed by atoms with Crippen molar-refractivity contribution in [3.8, 4) is 0 Å². The van der Waals surface area contributed by atoms with Crippen LogP contribution in [-0.4, -0.2) is 9.59 Å². The summed E-state index contributed by atoms with van der Waals surface area (Å²) < 4.78 is 29.8. The van der Waals surface area contributed by atoms with E-state index in [1.54, 1.807) is 0 Å². The van der Waals surface area contributed by atoms with Crippen LogP contribution in [0.2, 0.25) is 0 Å². The highest BCUT2D eigenvalue weighted by Crippen LogP contribution is 2.24. The maximum atomic E-state index is 13.3. The zero-order chi connectivity index (χ0) is 10.8. The number of hydrogen-bond acceptors (Lipinski definition) is 4. The standard InChI is InChI=1S/C9H7F2N3S/c10-5-1-2-7(11)6(3-5)9(12)8-4-13-14-15-8/h1-4,9H,12H2. The lowest BCUT2D eigenvalue weighted by atomic mass is 10.1. The molecule has 0 saturated carbocycles. The molecule has 1 aromatic heterocycles. The Balaban J connectivity index is 2.41. The van der Waals surface area contributed by atoms with Gasteiger partial charge in [-0.2, -0.15) is 0 Å². The molecule has 2 rings (SSSR count). The molecule has 6 heteroatoms. The van der Waals surface area contributed by atoms with E-state index in [2.05, 4.69) is 9.59 Å². The van der Waals surface area contributed by atoms with E-state index in [9.17, 15) is 8.78 Å². The summed E-state index contributed by atoms with van der Waals surface area (Å²) in [6.45, 7) is 0. The number of nitrogens with two attached hydrogens (primary N) is 1. The van der Waals surface area contributed by atoms with Gasteiger partial charge in [0, 0.05) is 5.56 Å². The first-order valence-corrected chi connectivity index (χ1v) is 4.93. The molecule has 1 atom stereocenters. The SMILES string of the molecule is NC(c1cnns1)c1cc(F)ccc1F. The van der Waals surface area contributed by atoms with E-state index in [0.29, 0.717) is 4.88 Å². The lowest BCUT2D eigenvalue weighted by molar-refractivity contribution is 0.577. The van der Waals surface area contributed by atoms with Gasteiger partial charge in [-0.3, -0.25) is 0 Å². The Labute approximate surface area is 88.7 Å². The Hall–Kier alpha value is -1.40. The lowest BCUT2D eigenvalue weighted by Crippen LogP contribution is -2.12. The summed E-state index contributed by atoms with van der Waals surface area (Å²) in [7, 11) is 0. The highest BCUT2D eigenvalue weighted by Gasteiger charge is 2.16. The summed E-state index contributed by atoms with van der Waals surface area (Å²) in [5, 5.41) is 3.59. The van der Waals surface area contributed by atoms with Crippen LogP contribution in [-0.2, 0) is 0 Å². The monoisotopic (exact) mass is 227 g/mol. The van der Waals surface area contributed by atoms with Crippen LogP contribution in [0.25, 0.3) is 0 Å². The number of rotatable bonds is 2. The minimum absolute atomic E-state index is 0.112. The second kappa shape index (κ2) is 4.00. The van der Waals surface area contributed by atoms with Crippen LogP contribution in [0.15, 0.2) is 24.4 Å². The number of benzene rings is 1. The van der Waals surface area contributed by atoms with Crippen molar-refractivity contribution >= 4 is 11.5 Å². The fraction of sp³-hybridized carbons (Fsp3) is 0.111. The highest BCUT2D eigenvalue weighted by molar-refractivity contribution is 7.05. The van der Waals surface area contributed by atoms with E-state index < -0.39 is 17.7 Å². The normalized spacial score (nSPS) is 12.7. The van der Waals surface area contributed by atoms with Crippen molar-refractivity contribution in [2.24, 2.45) is 5.73 Å². The van der Waals surface area contributed by atoms with Gasteiger partial charge < -0.3 is 5.73 Å². The highest BCUT2D eigenvalue weighted by atomic mass is 32.1. The summed E-state index contributed by atoms with van der Waals surface area (Å²) in [4.78, 5) is 0.597. The summed E-state index contributed by atoms with van der Waals surface area (Å²) in [5.74, 6) is -1.04. The average molecular weight is 227 g/mol. The van der Waals surface area contributed by atoms with Crippen LogP contribution in [0.1, 0.15) is 16.5 Å². The molecular formula is C9H7F2N3S. The number of nitrogens with zero attached hydrogens (tertiary/aromatic N) is 2. The van der Waals surface area contributed by atoms with Gasteiger partial charge in [0.25, 0.3) is 0 Å². The molecule has 2 aromatic rings. The number of hydrogen-bond donors (Lipinski definition) is 1. The zero-order valence-electron chi connectivity index (χ0n) is 7.52. The van der Waals surface area contributed by atoms with E-state index in [4.69, 9.17) is 5.73 Å². The molecule has 0 spiro atoms. The first-order chi connectivity index (χ1) is 7.18. The summed E-state index contributed by atoms with van der Waals surface area (Å²) in [6.07, 6.45) is 1.44.